The summed E-state index contributed by atoms with van der Waals surface area (Å²) in [6.07, 6.45) is 13.0. The van der Waals surface area contributed by atoms with Crippen molar-refractivity contribution in [2.75, 3.05) is 32.8 Å². The summed E-state index contributed by atoms with van der Waals surface area (Å²) in [6, 6.07) is 0. The lowest BCUT2D eigenvalue weighted by Crippen LogP contribution is -2.43. The number of rotatable bonds is 5. The van der Waals surface area contributed by atoms with Gasteiger partial charge in [-0.2, -0.15) is 0 Å². The average Bonchev–Trinajstić information content (AvgIpc) is 3.08. The van der Waals surface area contributed by atoms with Crippen LogP contribution < -0.4 is 5.32 Å². The Morgan fingerprint density at radius 2 is 2.05 bits per heavy atom. The van der Waals surface area contributed by atoms with Crippen LogP contribution in [-0.2, 0) is 9.53 Å². The summed E-state index contributed by atoms with van der Waals surface area (Å²) < 4.78 is 5.56. The highest BCUT2D eigenvalue weighted by molar-refractivity contribution is 5.78. The molecule has 4 heteroatoms. The third-order valence-electron chi connectivity index (χ3n) is 5.38. The van der Waals surface area contributed by atoms with Gasteiger partial charge >= 0.3 is 0 Å². The Morgan fingerprint density at radius 1 is 1.18 bits per heavy atom. The van der Waals surface area contributed by atoms with E-state index in [0.29, 0.717) is 6.54 Å². The number of carbonyl (C=O) groups is 1. The first-order valence-corrected chi connectivity index (χ1v) is 9.08. The van der Waals surface area contributed by atoms with E-state index in [9.17, 15) is 4.79 Å². The van der Waals surface area contributed by atoms with E-state index in [1.165, 1.54) is 25.8 Å². The van der Waals surface area contributed by atoms with Crippen LogP contribution in [0.15, 0.2) is 12.2 Å². The van der Waals surface area contributed by atoms with Crippen LogP contribution in [0.5, 0.6) is 0 Å². The Hall–Kier alpha value is -0.870. The standard InChI is InChI=1S/C18H30N2O2/c21-18(19-13-17-7-4-12-22-17)16-8-10-20(11-9-16)14-15-5-2-1-3-6-15/h1-2,15-17H,3-14H2,(H,19,21)/t15-,17+/m1/s1. The van der Waals surface area contributed by atoms with Crippen LogP contribution in [0.25, 0.3) is 0 Å². The molecule has 2 heterocycles. The number of amides is 1. The van der Waals surface area contributed by atoms with Crippen molar-refractivity contribution in [1.29, 1.82) is 0 Å². The topological polar surface area (TPSA) is 41.6 Å². The molecule has 0 saturated carbocycles. The number of hydrogen-bond donors (Lipinski definition) is 1. The molecule has 0 radical (unpaired) electrons. The third-order valence-corrected chi connectivity index (χ3v) is 5.38. The number of nitrogens with one attached hydrogen (secondary N) is 1. The van der Waals surface area contributed by atoms with Gasteiger partial charge in [0.25, 0.3) is 0 Å². The van der Waals surface area contributed by atoms with E-state index in [4.69, 9.17) is 4.74 Å². The van der Waals surface area contributed by atoms with Gasteiger partial charge in [0.15, 0.2) is 0 Å². The second kappa shape index (κ2) is 8.11. The molecule has 4 nitrogen and oxygen atoms in total. The maximum absolute atomic E-state index is 12.3. The number of allylic oxidation sites excluding steroid dienone is 2. The maximum Gasteiger partial charge on any atom is 0.223 e. The van der Waals surface area contributed by atoms with Crippen molar-refractivity contribution in [3.05, 3.63) is 12.2 Å². The molecule has 0 spiro atoms. The summed E-state index contributed by atoms with van der Waals surface area (Å²) in [5.74, 6) is 1.29. The molecule has 0 aromatic heterocycles. The molecule has 0 bridgehead atoms. The van der Waals surface area contributed by atoms with Gasteiger partial charge in [0, 0.05) is 25.6 Å². The van der Waals surface area contributed by atoms with E-state index < -0.39 is 0 Å². The van der Waals surface area contributed by atoms with E-state index in [1.807, 2.05) is 0 Å². The molecular formula is C18H30N2O2. The minimum Gasteiger partial charge on any atom is -0.376 e. The fourth-order valence-corrected chi connectivity index (χ4v) is 3.93. The van der Waals surface area contributed by atoms with Gasteiger partial charge in [-0.25, -0.2) is 0 Å². The first-order chi connectivity index (χ1) is 10.8. The Bertz CT molecular complexity index is 383. The van der Waals surface area contributed by atoms with Crippen molar-refractivity contribution in [2.45, 2.75) is 51.0 Å². The lowest BCUT2D eigenvalue weighted by molar-refractivity contribution is -0.127. The van der Waals surface area contributed by atoms with Crippen LogP contribution in [0, 0.1) is 11.8 Å². The van der Waals surface area contributed by atoms with Crippen molar-refractivity contribution in [3.8, 4) is 0 Å². The van der Waals surface area contributed by atoms with Gasteiger partial charge in [0.05, 0.1) is 6.10 Å². The highest BCUT2D eigenvalue weighted by Gasteiger charge is 2.27. The average molecular weight is 306 g/mol. The predicted octanol–water partition coefficient (Wildman–Crippen LogP) is 2.35. The third kappa shape index (κ3) is 4.56. The number of likely N-dealkylation sites (tertiary alicyclic amines) is 1. The molecule has 2 fully saturated rings. The normalized spacial score (nSPS) is 30.5. The summed E-state index contributed by atoms with van der Waals surface area (Å²) in [7, 11) is 0. The van der Waals surface area contributed by atoms with Crippen LogP contribution in [0.1, 0.15) is 44.9 Å². The van der Waals surface area contributed by atoms with Gasteiger partial charge < -0.3 is 15.0 Å². The minimum atomic E-state index is 0.212. The van der Waals surface area contributed by atoms with Crippen molar-refractivity contribution in [2.24, 2.45) is 11.8 Å². The van der Waals surface area contributed by atoms with Crippen LogP contribution in [0.4, 0.5) is 0 Å². The van der Waals surface area contributed by atoms with Gasteiger partial charge in [0.1, 0.15) is 0 Å². The Balaban J connectivity index is 1.33. The van der Waals surface area contributed by atoms with Crippen LogP contribution in [-0.4, -0.2) is 49.7 Å². The number of hydrogen-bond acceptors (Lipinski definition) is 3. The van der Waals surface area contributed by atoms with E-state index in [1.54, 1.807) is 0 Å². The van der Waals surface area contributed by atoms with Crippen molar-refractivity contribution in [3.63, 3.8) is 0 Å². The van der Waals surface area contributed by atoms with E-state index in [0.717, 1.165) is 51.3 Å². The van der Waals surface area contributed by atoms with Crippen molar-refractivity contribution < 1.29 is 9.53 Å². The summed E-state index contributed by atoms with van der Waals surface area (Å²) in [5.41, 5.74) is 0. The molecule has 2 saturated heterocycles. The van der Waals surface area contributed by atoms with Crippen LogP contribution in [0.2, 0.25) is 0 Å². The zero-order valence-electron chi connectivity index (χ0n) is 13.6. The fraction of sp³-hybridized carbons (Fsp3) is 0.833. The monoisotopic (exact) mass is 306 g/mol. The molecule has 1 amide bonds. The molecular weight excluding hydrogens is 276 g/mol. The molecule has 0 aromatic carbocycles. The number of nitrogens with zero attached hydrogens (tertiary/aromatic N) is 1. The van der Waals surface area contributed by atoms with Crippen molar-refractivity contribution in [1.82, 2.24) is 10.2 Å². The largest absolute Gasteiger partial charge is 0.376 e. The molecule has 124 valence electrons. The second-order valence-electron chi connectivity index (χ2n) is 7.11. The molecule has 1 N–H and O–H groups in total. The molecule has 2 aliphatic heterocycles. The van der Waals surface area contributed by atoms with Gasteiger partial charge in [-0.05, 0) is 64.0 Å². The first-order valence-electron chi connectivity index (χ1n) is 9.08. The molecule has 0 aromatic rings. The summed E-state index contributed by atoms with van der Waals surface area (Å²) in [5, 5.41) is 3.10. The van der Waals surface area contributed by atoms with Crippen molar-refractivity contribution >= 4 is 5.91 Å². The fourth-order valence-electron chi connectivity index (χ4n) is 3.93. The van der Waals surface area contributed by atoms with E-state index in [-0.39, 0.29) is 17.9 Å². The Morgan fingerprint density at radius 3 is 2.73 bits per heavy atom. The second-order valence-corrected chi connectivity index (χ2v) is 7.11. The first kappa shape index (κ1) is 16.0. The van der Waals surface area contributed by atoms with Gasteiger partial charge in [-0.1, -0.05) is 12.2 Å². The zero-order chi connectivity index (χ0) is 15.2. The molecule has 0 unspecified atom stereocenters. The van der Waals surface area contributed by atoms with Gasteiger partial charge in [-0.15, -0.1) is 0 Å². The SMILES string of the molecule is O=C(NC[C@@H]1CCCO1)C1CCN(C[C@@H]2CC=CCC2)CC1. The molecule has 2 atom stereocenters. The molecule has 22 heavy (non-hydrogen) atoms. The highest BCUT2D eigenvalue weighted by Crippen LogP contribution is 2.23. The molecule has 3 aliphatic rings. The molecule has 3 rings (SSSR count). The minimum absolute atomic E-state index is 0.212. The van der Waals surface area contributed by atoms with E-state index >= 15 is 0 Å². The quantitative estimate of drug-likeness (QED) is 0.793. The summed E-state index contributed by atoms with van der Waals surface area (Å²) in [4.78, 5) is 14.8. The lowest BCUT2D eigenvalue weighted by atomic mass is 9.91. The Kier molecular flexibility index (Phi) is 5.90. The zero-order valence-corrected chi connectivity index (χ0v) is 13.6. The Labute approximate surface area is 134 Å². The smallest absolute Gasteiger partial charge is 0.223 e. The maximum atomic E-state index is 12.3. The number of ether oxygens (including phenoxy) is 1. The number of carbonyl (C=O) groups excluding carboxylic acids is 1. The number of piperidine rings is 1. The molecule has 1 aliphatic carbocycles. The summed E-state index contributed by atoms with van der Waals surface area (Å²) in [6.45, 7) is 4.94. The van der Waals surface area contributed by atoms with Gasteiger partial charge in [-0.3, -0.25) is 4.79 Å². The lowest BCUT2D eigenvalue weighted by Gasteiger charge is -2.34. The predicted molar refractivity (Wildman–Crippen MR) is 87.6 cm³/mol. The highest BCUT2D eigenvalue weighted by atomic mass is 16.5. The van der Waals surface area contributed by atoms with Crippen LogP contribution in [0.3, 0.4) is 0 Å². The summed E-state index contributed by atoms with van der Waals surface area (Å²) >= 11 is 0. The van der Waals surface area contributed by atoms with Crippen LogP contribution >= 0.6 is 0 Å². The van der Waals surface area contributed by atoms with Gasteiger partial charge in [0.2, 0.25) is 5.91 Å². The van der Waals surface area contributed by atoms with E-state index in [2.05, 4.69) is 22.4 Å².